The molecule has 0 aliphatic carbocycles. The normalized spacial score (nSPS) is 16.1. The molecule has 2 aromatic rings. The fraction of sp³-hybridized carbons (Fsp3) is 0.421. The van der Waals surface area contributed by atoms with Crippen LogP contribution in [-0.2, 0) is 6.54 Å². The molecule has 0 amide bonds. The van der Waals surface area contributed by atoms with Gasteiger partial charge >= 0.3 is 0 Å². The number of rotatable bonds is 6. The Morgan fingerprint density at radius 1 is 1.31 bits per heavy atom. The lowest BCUT2D eigenvalue weighted by Gasteiger charge is -2.30. The van der Waals surface area contributed by atoms with Crippen molar-refractivity contribution in [2.24, 2.45) is 16.6 Å². The van der Waals surface area contributed by atoms with E-state index in [9.17, 15) is 0 Å². The van der Waals surface area contributed by atoms with Gasteiger partial charge in [0.2, 0.25) is 0 Å². The minimum absolute atomic E-state index is 0. The fourth-order valence-corrected chi connectivity index (χ4v) is 3.81. The number of piperidine rings is 1. The fourth-order valence-electron chi connectivity index (χ4n) is 3.07. The summed E-state index contributed by atoms with van der Waals surface area (Å²) >= 11 is 1.84. The number of methoxy groups -OCH3 is 1. The SMILES string of the molecule is COc1cccc(NC(N)=NCC2CCN(Cc3cccs3)CC2)c1.I. The summed E-state index contributed by atoms with van der Waals surface area (Å²) in [5.74, 6) is 1.88. The third-order valence-electron chi connectivity index (χ3n) is 4.53. The van der Waals surface area contributed by atoms with Crippen molar-refractivity contribution in [3.63, 3.8) is 0 Å². The number of ether oxygens (including phenoxy) is 1. The predicted molar refractivity (Wildman–Crippen MR) is 121 cm³/mol. The lowest BCUT2D eigenvalue weighted by Crippen LogP contribution is -2.34. The smallest absolute Gasteiger partial charge is 0.193 e. The number of aliphatic imine (C=N–C) groups is 1. The Kier molecular flexibility index (Phi) is 8.67. The number of benzene rings is 1. The van der Waals surface area contributed by atoms with Gasteiger partial charge in [-0.2, -0.15) is 0 Å². The predicted octanol–water partition coefficient (Wildman–Crippen LogP) is 4.01. The summed E-state index contributed by atoms with van der Waals surface area (Å²) in [7, 11) is 1.65. The molecule has 5 nitrogen and oxygen atoms in total. The van der Waals surface area contributed by atoms with E-state index in [-0.39, 0.29) is 24.0 Å². The first-order chi connectivity index (χ1) is 12.2. The second-order valence-corrected chi connectivity index (χ2v) is 7.41. The maximum atomic E-state index is 6.02. The van der Waals surface area contributed by atoms with Crippen LogP contribution in [0.5, 0.6) is 5.75 Å². The molecule has 26 heavy (non-hydrogen) atoms. The third kappa shape index (κ3) is 6.44. The molecule has 1 saturated heterocycles. The van der Waals surface area contributed by atoms with Crippen LogP contribution in [0.25, 0.3) is 0 Å². The monoisotopic (exact) mass is 486 g/mol. The quantitative estimate of drug-likeness (QED) is 0.368. The van der Waals surface area contributed by atoms with Crippen LogP contribution in [-0.4, -0.2) is 37.6 Å². The molecule has 0 bridgehead atoms. The van der Waals surface area contributed by atoms with Crippen LogP contribution in [0.2, 0.25) is 0 Å². The van der Waals surface area contributed by atoms with E-state index in [2.05, 4.69) is 32.7 Å². The highest BCUT2D eigenvalue weighted by Gasteiger charge is 2.19. The number of halogens is 1. The zero-order chi connectivity index (χ0) is 17.5. The highest BCUT2D eigenvalue weighted by molar-refractivity contribution is 14.0. The number of nitrogens with zero attached hydrogens (tertiary/aromatic N) is 2. The number of nitrogens with one attached hydrogen (secondary N) is 1. The molecular weight excluding hydrogens is 459 g/mol. The van der Waals surface area contributed by atoms with Gasteiger partial charge < -0.3 is 15.8 Å². The Bertz CT molecular complexity index is 685. The maximum absolute atomic E-state index is 6.02. The number of anilines is 1. The average Bonchev–Trinajstić information content (AvgIpc) is 3.14. The molecular formula is C19H27IN4OS. The Hall–Kier alpha value is -1.32. The highest BCUT2D eigenvalue weighted by Crippen LogP contribution is 2.21. The minimum atomic E-state index is 0. The topological polar surface area (TPSA) is 62.9 Å². The molecule has 0 atom stereocenters. The summed E-state index contributed by atoms with van der Waals surface area (Å²) in [6, 6.07) is 12.0. The van der Waals surface area contributed by atoms with E-state index >= 15 is 0 Å². The molecule has 1 aromatic heterocycles. The Morgan fingerprint density at radius 2 is 2.12 bits per heavy atom. The van der Waals surface area contributed by atoms with Crippen LogP contribution in [0.4, 0.5) is 5.69 Å². The van der Waals surface area contributed by atoms with Crippen molar-refractivity contribution in [3.8, 4) is 5.75 Å². The van der Waals surface area contributed by atoms with Crippen molar-refractivity contribution in [1.29, 1.82) is 0 Å². The van der Waals surface area contributed by atoms with E-state index < -0.39 is 0 Å². The molecule has 3 N–H and O–H groups in total. The minimum Gasteiger partial charge on any atom is -0.497 e. The summed E-state index contributed by atoms with van der Waals surface area (Å²) in [5.41, 5.74) is 6.92. The van der Waals surface area contributed by atoms with E-state index in [4.69, 9.17) is 10.5 Å². The van der Waals surface area contributed by atoms with E-state index in [0.29, 0.717) is 11.9 Å². The second-order valence-electron chi connectivity index (χ2n) is 6.38. The largest absolute Gasteiger partial charge is 0.497 e. The summed E-state index contributed by atoms with van der Waals surface area (Å²) in [6.07, 6.45) is 2.36. The van der Waals surface area contributed by atoms with Gasteiger partial charge in [0.05, 0.1) is 7.11 Å². The average molecular weight is 486 g/mol. The molecule has 0 unspecified atom stereocenters. The van der Waals surface area contributed by atoms with Crippen molar-refractivity contribution in [2.75, 3.05) is 32.1 Å². The summed E-state index contributed by atoms with van der Waals surface area (Å²) < 4.78 is 5.21. The first-order valence-corrected chi connectivity index (χ1v) is 9.56. The Balaban J connectivity index is 0.00000243. The molecule has 1 fully saturated rings. The van der Waals surface area contributed by atoms with Gasteiger partial charge in [0.15, 0.2) is 5.96 Å². The summed E-state index contributed by atoms with van der Waals surface area (Å²) in [6.45, 7) is 4.14. The summed E-state index contributed by atoms with van der Waals surface area (Å²) in [5, 5.41) is 5.28. The summed E-state index contributed by atoms with van der Waals surface area (Å²) in [4.78, 5) is 8.50. The van der Waals surface area contributed by atoms with E-state index in [1.165, 1.54) is 17.7 Å². The Labute approximate surface area is 176 Å². The number of hydrogen-bond acceptors (Lipinski definition) is 4. The number of thiophene rings is 1. The molecule has 0 radical (unpaired) electrons. The molecule has 0 saturated carbocycles. The first kappa shape index (κ1) is 21.0. The highest BCUT2D eigenvalue weighted by atomic mass is 127. The molecule has 1 aliphatic rings. The van der Waals surface area contributed by atoms with Gasteiger partial charge in [-0.25, -0.2) is 0 Å². The van der Waals surface area contributed by atoms with Crippen LogP contribution in [0.3, 0.4) is 0 Å². The van der Waals surface area contributed by atoms with Crippen molar-refractivity contribution >= 4 is 47.0 Å². The van der Waals surface area contributed by atoms with Crippen LogP contribution < -0.4 is 15.8 Å². The number of guanidine groups is 1. The molecule has 1 aliphatic heterocycles. The van der Waals surface area contributed by atoms with Gasteiger partial charge in [-0.1, -0.05) is 12.1 Å². The number of likely N-dealkylation sites (tertiary alicyclic amines) is 1. The van der Waals surface area contributed by atoms with Crippen LogP contribution in [0.1, 0.15) is 17.7 Å². The number of hydrogen-bond donors (Lipinski definition) is 2. The van der Waals surface area contributed by atoms with Gasteiger partial charge in [0, 0.05) is 29.7 Å². The van der Waals surface area contributed by atoms with E-state index in [1.807, 2.05) is 35.6 Å². The van der Waals surface area contributed by atoms with Crippen molar-refractivity contribution in [2.45, 2.75) is 19.4 Å². The zero-order valence-electron chi connectivity index (χ0n) is 15.1. The van der Waals surface area contributed by atoms with Crippen LogP contribution in [0.15, 0.2) is 46.8 Å². The zero-order valence-corrected chi connectivity index (χ0v) is 18.2. The van der Waals surface area contributed by atoms with Crippen molar-refractivity contribution in [3.05, 3.63) is 46.7 Å². The molecule has 142 valence electrons. The van der Waals surface area contributed by atoms with Crippen LogP contribution >= 0.6 is 35.3 Å². The third-order valence-corrected chi connectivity index (χ3v) is 5.39. The standard InChI is InChI=1S/C19H26N4OS.HI/c1-24-17-5-2-4-16(12-17)22-19(20)21-13-15-7-9-23(10-8-15)14-18-6-3-11-25-18;/h2-6,11-12,15H,7-10,13-14H2,1H3,(H3,20,21,22);1H. The van der Waals surface area contributed by atoms with Gasteiger partial charge in [-0.3, -0.25) is 9.89 Å². The molecule has 1 aromatic carbocycles. The van der Waals surface area contributed by atoms with Crippen molar-refractivity contribution < 1.29 is 4.74 Å². The van der Waals surface area contributed by atoms with Crippen LogP contribution in [0, 0.1) is 5.92 Å². The lowest BCUT2D eigenvalue weighted by atomic mass is 9.97. The first-order valence-electron chi connectivity index (χ1n) is 8.68. The molecule has 3 rings (SSSR count). The number of nitrogens with two attached hydrogens (primary N) is 1. The van der Waals surface area contributed by atoms with E-state index in [0.717, 1.165) is 37.6 Å². The lowest BCUT2D eigenvalue weighted by molar-refractivity contribution is 0.182. The second kappa shape index (κ2) is 10.7. The van der Waals surface area contributed by atoms with Gasteiger partial charge in [0.1, 0.15) is 5.75 Å². The van der Waals surface area contributed by atoms with Gasteiger partial charge in [-0.05, 0) is 55.4 Å². The van der Waals surface area contributed by atoms with E-state index in [1.54, 1.807) is 7.11 Å². The maximum Gasteiger partial charge on any atom is 0.193 e. The molecule has 7 heteroatoms. The van der Waals surface area contributed by atoms with Crippen molar-refractivity contribution in [1.82, 2.24) is 4.90 Å². The van der Waals surface area contributed by atoms with Gasteiger partial charge in [-0.15, -0.1) is 35.3 Å². The Morgan fingerprint density at radius 3 is 2.81 bits per heavy atom. The molecule has 2 heterocycles. The molecule has 0 spiro atoms. The van der Waals surface area contributed by atoms with Gasteiger partial charge in [0.25, 0.3) is 0 Å².